The molecule has 92 valence electrons. The normalized spacial score (nSPS) is 17.6. The summed E-state index contributed by atoms with van der Waals surface area (Å²) in [6.45, 7) is 16.5. The molecule has 0 unspecified atom stereocenters. The van der Waals surface area contributed by atoms with E-state index in [9.17, 15) is 0 Å². The van der Waals surface area contributed by atoms with E-state index >= 15 is 0 Å². The molecule has 0 fully saturated rings. The topological polar surface area (TPSA) is 18.5 Å². The smallest absolute Gasteiger partial charge is 0.191 e. The SMILES string of the molecule is CO[C@@H](C)[C@@H](C)CO[Si](C)(C)C(C)(C)C. The Balaban J connectivity index is 4.16. The van der Waals surface area contributed by atoms with Crippen molar-refractivity contribution in [2.45, 2.75) is 58.9 Å². The van der Waals surface area contributed by atoms with Crippen LogP contribution in [0.5, 0.6) is 0 Å². The summed E-state index contributed by atoms with van der Waals surface area (Å²) >= 11 is 0. The van der Waals surface area contributed by atoms with Crippen LogP contribution in [0.1, 0.15) is 34.6 Å². The Labute approximate surface area is 96.5 Å². The maximum Gasteiger partial charge on any atom is 0.191 e. The van der Waals surface area contributed by atoms with Crippen molar-refractivity contribution in [1.82, 2.24) is 0 Å². The van der Waals surface area contributed by atoms with Gasteiger partial charge in [0.25, 0.3) is 0 Å². The molecule has 0 aliphatic rings. The van der Waals surface area contributed by atoms with E-state index in [1.54, 1.807) is 7.11 Å². The summed E-state index contributed by atoms with van der Waals surface area (Å²) in [5.41, 5.74) is 0. The first-order valence-corrected chi connectivity index (χ1v) is 8.69. The van der Waals surface area contributed by atoms with Crippen LogP contribution < -0.4 is 0 Å². The molecule has 0 saturated heterocycles. The van der Waals surface area contributed by atoms with Crippen LogP contribution in [0.2, 0.25) is 18.1 Å². The van der Waals surface area contributed by atoms with E-state index in [4.69, 9.17) is 9.16 Å². The first-order chi connectivity index (χ1) is 6.62. The molecule has 0 spiro atoms. The average molecular weight is 232 g/mol. The molecule has 2 nitrogen and oxygen atoms in total. The lowest BCUT2D eigenvalue weighted by atomic mass is 10.1. The zero-order valence-corrected chi connectivity index (χ0v) is 12.7. The summed E-state index contributed by atoms with van der Waals surface area (Å²) in [5.74, 6) is 0.462. The molecule has 0 aliphatic carbocycles. The van der Waals surface area contributed by atoms with Crippen molar-refractivity contribution in [2.24, 2.45) is 5.92 Å². The van der Waals surface area contributed by atoms with E-state index in [0.717, 1.165) is 6.61 Å². The van der Waals surface area contributed by atoms with Crippen LogP contribution in [0.3, 0.4) is 0 Å². The van der Waals surface area contributed by atoms with Gasteiger partial charge in [0.05, 0.1) is 6.10 Å². The summed E-state index contributed by atoms with van der Waals surface area (Å²) in [7, 11) is 0.176. The van der Waals surface area contributed by atoms with Crippen LogP contribution in [0.15, 0.2) is 0 Å². The van der Waals surface area contributed by atoms with Gasteiger partial charge in [-0.3, -0.25) is 0 Å². The van der Waals surface area contributed by atoms with Crippen LogP contribution >= 0.6 is 0 Å². The minimum Gasteiger partial charge on any atom is -0.416 e. The molecule has 0 aromatic carbocycles. The minimum absolute atomic E-state index is 0.273. The standard InChI is InChI=1S/C12H28O2Si/c1-10(11(2)13-6)9-14-15(7,8)12(3,4)5/h10-11H,9H2,1-8H3/t10-,11-/m0/s1. The van der Waals surface area contributed by atoms with E-state index in [1.807, 2.05) is 0 Å². The number of hydrogen-bond acceptors (Lipinski definition) is 2. The molecule has 0 radical (unpaired) electrons. The molecule has 15 heavy (non-hydrogen) atoms. The predicted molar refractivity (Wildman–Crippen MR) is 68.8 cm³/mol. The maximum absolute atomic E-state index is 6.14. The largest absolute Gasteiger partial charge is 0.416 e. The zero-order chi connectivity index (χ0) is 12.3. The molecule has 0 aromatic heterocycles. The molecule has 0 amide bonds. The van der Waals surface area contributed by atoms with Gasteiger partial charge in [-0.1, -0.05) is 27.7 Å². The molecular weight excluding hydrogens is 204 g/mol. The van der Waals surface area contributed by atoms with Gasteiger partial charge in [-0.15, -0.1) is 0 Å². The van der Waals surface area contributed by atoms with Crippen molar-refractivity contribution < 1.29 is 9.16 Å². The summed E-state index contributed by atoms with van der Waals surface area (Å²) in [6, 6.07) is 0. The zero-order valence-electron chi connectivity index (χ0n) is 11.7. The van der Waals surface area contributed by atoms with Crippen LogP contribution in [0, 0.1) is 5.92 Å². The third kappa shape index (κ3) is 4.66. The highest BCUT2D eigenvalue weighted by Gasteiger charge is 2.37. The molecule has 0 heterocycles. The van der Waals surface area contributed by atoms with Crippen LogP contribution in [-0.2, 0) is 9.16 Å². The number of hydrogen-bond donors (Lipinski definition) is 0. The van der Waals surface area contributed by atoms with E-state index < -0.39 is 8.32 Å². The van der Waals surface area contributed by atoms with Crippen molar-refractivity contribution in [3.05, 3.63) is 0 Å². The second-order valence-corrected chi connectivity index (χ2v) is 10.8. The fraction of sp³-hybridized carbons (Fsp3) is 1.00. The Morgan fingerprint density at radius 2 is 1.60 bits per heavy atom. The van der Waals surface area contributed by atoms with E-state index in [-0.39, 0.29) is 6.10 Å². The fourth-order valence-corrected chi connectivity index (χ4v) is 2.04. The lowest BCUT2D eigenvalue weighted by Gasteiger charge is -2.37. The molecular formula is C12H28O2Si. The van der Waals surface area contributed by atoms with Gasteiger partial charge in [-0.25, -0.2) is 0 Å². The maximum atomic E-state index is 6.14. The van der Waals surface area contributed by atoms with E-state index in [0.29, 0.717) is 11.0 Å². The number of rotatable bonds is 5. The molecule has 2 atom stereocenters. The molecule has 0 bridgehead atoms. The Kier molecular flexibility index (Phi) is 5.51. The quantitative estimate of drug-likeness (QED) is 0.673. The number of methoxy groups -OCH3 is 1. The molecule has 0 N–H and O–H groups in total. The van der Waals surface area contributed by atoms with Gasteiger partial charge in [0.2, 0.25) is 0 Å². The molecule has 3 heteroatoms. The van der Waals surface area contributed by atoms with Crippen molar-refractivity contribution in [3.63, 3.8) is 0 Å². The third-order valence-electron chi connectivity index (χ3n) is 3.69. The van der Waals surface area contributed by atoms with Crippen molar-refractivity contribution in [1.29, 1.82) is 0 Å². The third-order valence-corrected chi connectivity index (χ3v) is 8.19. The molecule has 0 rings (SSSR count). The fourth-order valence-electron chi connectivity index (χ4n) is 0.924. The highest BCUT2D eigenvalue weighted by Crippen LogP contribution is 2.36. The summed E-state index contributed by atoms with van der Waals surface area (Å²) in [5, 5.41) is 0.295. The lowest BCUT2D eigenvalue weighted by Crippen LogP contribution is -2.42. The first-order valence-electron chi connectivity index (χ1n) is 5.78. The summed E-state index contributed by atoms with van der Waals surface area (Å²) in [4.78, 5) is 0. The van der Waals surface area contributed by atoms with Crippen molar-refractivity contribution in [3.8, 4) is 0 Å². The van der Waals surface area contributed by atoms with Gasteiger partial charge in [0.1, 0.15) is 0 Å². The van der Waals surface area contributed by atoms with Gasteiger partial charge in [0.15, 0.2) is 8.32 Å². The Hall–Kier alpha value is 0.137. The molecule has 0 saturated carbocycles. The second-order valence-electron chi connectivity index (χ2n) is 5.99. The Morgan fingerprint density at radius 3 is 1.93 bits per heavy atom. The molecule has 0 aliphatic heterocycles. The Bertz CT molecular complexity index is 185. The minimum atomic E-state index is -1.58. The summed E-state index contributed by atoms with van der Waals surface area (Å²) < 4.78 is 11.4. The van der Waals surface area contributed by atoms with Crippen molar-refractivity contribution >= 4 is 8.32 Å². The van der Waals surface area contributed by atoms with Gasteiger partial charge in [-0.05, 0) is 25.1 Å². The monoisotopic (exact) mass is 232 g/mol. The molecule has 0 aromatic rings. The van der Waals surface area contributed by atoms with Gasteiger partial charge in [-0.2, -0.15) is 0 Å². The number of ether oxygens (including phenoxy) is 1. The van der Waals surface area contributed by atoms with E-state index in [1.165, 1.54) is 0 Å². The van der Waals surface area contributed by atoms with Crippen molar-refractivity contribution in [2.75, 3.05) is 13.7 Å². The predicted octanol–water partition coefficient (Wildman–Crippen LogP) is 3.68. The average Bonchev–Trinajstić information content (AvgIpc) is 2.11. The summed E-state index contributed by atoms with van der Waals surface area (Å²) in [6.07, 6.45) is 0.273. The van der Waals surface area contributed by atoms with Crippen LogP contribution in [0.25, 0.3) is 0 Å². The Morgan fingerprint density at radius 1 is 1.13 bits per heavy atom. The van der Waals surface area contributed by atoms with E-state index in [2.05, 4.69) is 47.7 Å². The highest BCUT2D eigenvalue weighted by atomic mass is 28.4. The lowest BCUT2D eigenvalue weighted by molar-refractivity contribution is 0.0495. The highest BCUT2D eigenvalue weighted by molar-refractivity contribution is 6.74. The first kappa shape index (κ1) is 15.1. The van der Waals surface area contributed by atoms with Gasteiger partial charge >= 0.3 is 0 Å². The van der Waals surface area contributed by atoms with Crippen LogP contribution in [-0.4, -0.2) is 28.1 Å². The van der Waals surface area contributed by atoms with Crippen LogP contribution in [0.4, 0.5) is 0 Å². The van der Waals surface area contributed by atoms with Gasteiger partial charge in [0, 0.05) is 19.6 Å². The second kappa shape index (κ2) is 5.46. The van der Waals surface area contributed by atoms with Gasteiger partial charge < -0.3 is 9.16 Å².